The maximum atomic E-state index is 10.4. The molecule has 0 aliphatic carbocycles. The molecule has 0 radical (unpaired) electrons. The monoisotopic (exact) mass is 208 g/mol. The normalized spacial score (nSPS) is 14.5. The Bertz CT molecular complexity index is 308. The van der Waals surface area contributed by atoms with Crippen molar-refractivity contribution in [3.8, 4) is 0 Å². The van der Waals surface area contributed by atoms with Crippen LogP contribution in [0.4, 0.5) is 0 Å². The number of aliphatic hydroxyl groups excluding tert-OH is 1. The molecule has 2 unspecified atom stereocenters. The van der Waals surface area contributed by atoms with Gasteiger partial charge in [0.25, 0.3) is 0 Å². The van der Waals surface area contributed by atoms with Crippen molar-refractivity contribution in [3.63, 3.8) is 0 Å². The molecule has 3 nitrogen and oxygen atoms in total. The number of benzene rings is 1. The van der Waals surface area contributed by atoms with Gasteiger partial charge in [0, 0.05) is 0 Å². The van der Waals surface area contributed by atoms with Crippen LogP contribution >= 0.6 is 0 Å². The summed E-state index contributed by atoms with van der Waals surface area (Å²) in [6.45, 7) is 1.99. The van der Waals surface area contributed by atoms with Crippen LogP contribution in [0.15, 0.2) is 30.3 Å². The van der Waals surface area contributed by atoms with Gasteiger partial charge < -0.3 is 10.2 Å². The summed E-state index contributed by atoms with van der Waals surface area (Å²) in [4.78, 5) is 10.4. The molecular weight excluding hydrogens is 192 g/mol. The fourth-order valence-electron chi connectivity index (χ4n) is 1.61. The second kappa shape index (κ2) is 5.51. The molecule has 0 aromatic heterocycles. The lowest BCUT2D eigenvalue weighted by Crippen LogP contribution is -2.15. The number of rotatable bonds is 5. The van der Waals surface area contributed by atoms with E-state index in [1.807, 2.05) is 37.3 Å². The molecule has 1 aromatic carbocycles. The molecule has 2 atom stereocenters. The van der Waals surface area contributed by atoms with E-state index in [0.717, 1.165) is 5.56 Å². The molecule has 2 N–H and O–H groups in total. The Kier molecular flexibility index (Phi) is 4.31. The molecule has 0 aliphatic rings. The molecule has 1 rings (SSSR count). The number of carbonyl (C=O) groups is 1. The minimum Gasteiger partial charge on any atom is -0.481 e. The third kappa shape index (κ3) is 4.13. The lowest BCUT2D eigenvalue weighted by Gasteiger charge is -2.15. The number of hydrogen-bond acceptors (Lipinski definition) is 2. The van der Waals surface area contributed by atoms with Gasteiger partial charge in [0.15, 0.2) is 0 Å². The lowest BCUT2D eigenvalue weighted by molar-refractivity contribution is -0.139. The van der Waals surface area contributed by atoms with Crippen LogP contribution in [0.25, 0.3) is 0 Å². The number of carboxylic acid groups (broad SMARTS) is 1. The van der Waals surface area contributed by atoms with Crippen LogP contribution in [0.5, 0.6) is 0 Å². The van der Waals surface area contributed by atoms with Crippen molar-refractivity contribution in [2.24, 2.45) is 0 Å². The molecule has 0 fully saturated rings. The summed E-state index contributed by atoms with van der Waals surface area (Å²) >= 11 is 0. The van der Waals surface area contributed by atoms with E-state index in [9.17, 15) is 9.90 Å². The van der Waals surface area contributed by atoms with Crippen molar-refractivity contribution in [3.05, 3.63) is 35.9 Å². The van der Waals surface area contributed by atoms with Crippen molar-refractivity contribution in [2.45, 2.75) is 31.8 Å². The fourth-order valence-corrected chi connectivity index (χ4v) is 1.61. The van der Waals surface area contributed by atoms with Gasteiger partial charge >= 0.3 is 5.97 Å². The van der Waals surface area contributed by atoms with Gasteiger partial charge in [0.1, 0.15) is 0 Å². The topological polar surface area (TPSA) is 57.5 Å². The summed E-state index contributed by atoms with van der Waals surface area (Å²) in [5.41, 5.74) is 1.13. The van der Waals surface area contributed by atoms with E-state index in [4.69, 9.17) is 5.11 Å². The van der Waals surface area contributed by atoms with Crippen LogP contribution in [0.3, 0.4) is 0 Å². The highest BCUT2D eigenvalue weighted by Gasteiger charge is 2.14. The molecule has 0 amide bonds. The second-order valence-corrected chi connectivity index (χ2v) is 3.80. The van der Waals surface area contributed by atoms with Crippen LogP contribution in [0, 0.1) is 0 Å². The van der Waals surface area contributed by atoms with Crippen molar-refractivity contribution in [1.82, 2.24) is 0 Å². The zero-order valence-electron chi connectivity index (χ0n) is 8.76. The largest absolute Gasteiger partial charge is 0.481 e. The summed E-state index contributed by atoms with van der Waals surface area (Å²) in [5.74, 6) is -0.775. The summed E-state index contributed by atoms with van der Waals surface area (Å²) in [7, 11) is 0. The van der Waals surface area contributed by atoms with E-state index in [-0.39, 0.29) is 12.3 Å². The molecule has 0 aliphatic heterocycles. The minimum absolute atomic E-state index is 0.181. The van der Waals surface area contributed by atoms with Crippen molar-refractivity contribution < 1.29 is 15.0 Å². The predicted octanol–water partition coefficient (Wildman–Crippen LogP) is 2.02. The summed E-state index contributed by atoms with van der Waals surface area (Å²) in [6, 6.07) is 9.78. The highest BCUT2D eigenvalue weighted by molar-refractivity contribution is 5.67. The standard InChI is InChI=1S/C12H16O3/c1-9(7-11(13)8-12(14)15)10-5-3-2-4-6-10/h2-6,9,11,13H,7-8H2,1H3,(H,14,15). The average molecular weight is 208 g/mol. The second-order valence-electron chi connectivity index (χ2n) is 3.80. The SMILES string of the molecule is CC(CC(O)CC(=O)O)c1ccccc1. The maximum Gasteiger partial charge on any atom is 0.305 e. The summed E-state index contributed by atoms with van der Waals surface area (Å²) in [6.07, 6.45) is -0.467. The van der Waals surface area contributed by atoms with E-state index in [2.05, 4.69) is 0 Å². The van der Waals surface area contributed by atoms with Gasteiger partial charge in [-0.25, -0.2) is 0 Å². The van der Waals surface area contributed by atoms with E-state index in [1.54, 1.807) is 0 Å². The average Bonchev–Trinajstić information content (AvgIpc) is 2.17. The van der Waals surface area contributed by atoms with E-state index >= 15 is 0 Å². The van der Waals surface area contributed by atoms with E-state index < -0.39 is 12.1 Å². The lowest BCUT2D eigenvalue weighted by atomic mass is 9.94. The van der Waals surface area contributed by atoms with Gasteiger partial charge in [-0.1, -0.05) is 37.3 Å². The zero-order chi connectivity index (χ0) is 11.3. The first-order chi connectivity index (χ1) is 7.09. The molecule has 0 heterocycles. The van der Waals surface area contributed by atoms with E-state index in [1.165, 1.54) is 0 Å². The highest BCUT2D eigenvalue weighted by Crippen LogP contribution is 2.21. The Morgan fingerprint density at radius 3 is 2.47 bits per heavy atom. The number of aliphatic carboxylic acids is 1. The molecular formula is C12H16O3. The molecule has 15 heavy (non-hydrogen) atoms. The molecule has 3 heteroatoms. The van der Waals surface area contributed by atoms with Gasteiger partial charge in [-0.05, 0) is 17.9 Å². The third-order valence-corrected chi connectivity index (χ3v) is 2.40. The molecule has 1 aromatic rings. The maximum absolute atomic E-state index is 10.4. The van der Waals surface area contributed by atoms with E-state index in [0.29, 0.717) is 6.42 Å². The summed E-state index contributed by atoms with van der Waals surface area (Å²) < 4.78 is 0. The van der Waals surface area contributed by atoms with Crippen molar-refractivity contribution in [1.29, 1.82) is 0 Å². The van der Waals surface area contributed by atoms with Crippen molar-refractivity contribution in [2.75, 3.05) is 0 Å². The Balaban J connectivity index is 2.49. The van der Waals surface area contributed by atoms with Crippen LogP contribution in [-0.4, -0.2) is 22.3 Å². The molecule has 0 saturated carbocycles. The third-order valence-electron chi connectivity index (χ3n) is 2.40. The highest BCUT2D eigenvalue weighted by atomic mass is 16.4. The van der Waals surface area contributed by atoms with Gasteiger partial charge in [0.05, 0.1) is 12.5 Å². The first-order valence-electron chi connectivity index (χ1n) is 5.04. The quantitative estimate of drug-likeness (QED) is 0.778. The molecule has 0 spiro atoms. The predicted molar refractivity (Wildman–Crippen MR) is 57.7 cm³/mol. The molecule has 82 valence electrons. The fraction of sp³-hybridized carbons (Fsp3) is 0.417. The molecule has 0 saturated heterocycles. The Morgan fingerprint density at radius 2 is 1.93 bits per heavy atom. The van der Waals surface area contributed by atoms with Crippen LogP contribution in [0.1, 0.15) is 31.2 Å². The summed E-state index contributed by atoms with van der Waals surface area (Å²) in [5, 5.41) is 18.0. The Hall–Kier alpha value is -1.35. The van der Waals surface area contributed by atoms with Gasteiger partial charge in [-0.3, -0.25) is 4.79 Å². The van der Waals surface area contributed by atoms with Gasteiger partial charge in [-0.2, -0.15) is 0 Å². The van der Waals surface area contributed by atoms with Crippen LogP contribution in [-0.2, 0) is 4.79 Å². The Labute approximate surface area is 89.4 Å². The zero-order valence-corrected chi connectivity index (χ0v) is 8.76. The van der Waals surface area contributed by atoms with Gasteiger partial charge in [-0.15, -0.1) is 0 Å². The minimum atomic E-state index is -0.956. The first-order valence-corrected chi connectivity index (χ1v) is 5.04. The molecule has 0 bridgehead atoms. The number of carboxylic acids is 1. The number of hydrogen-bond donors (Lipinski definition) is 2. The Morgan fingerprint density at radius 1 is 1.33 bits per heavy atom. The number of aliphatic hydroxyl groups is 1. The smallest absolute Gasteiger partial charge is 0.305 e. The van der Waals surface area contributed by atoms with Gasteiger partial charge in [0.2, 0.25) is 0 Å². The van der Waals surface area contributed by atoms with Crippen LogP contribution < -0.4 is 0 Å². The van der Waals surface area contributed by atoms with Crippen molar-refractivity contribution >= 4 is 5.97 Å². The van der Waals surface area contributed by atoms with Crippen LogP contribution in [0.2, 0.25) is 0 Å². The first kappa shape index (κ1) is 11.7.